The number of rotatable bonds is 3. The Morgan fingerprint density at radius 1 is 1.50 bits per heavy atom. The first-order valence-electron chi connectivity index (χ1n) is 5.00. The second-order valence-corrected chi connectivity index (χ2v) is 3.64. The van der Waals surface area contributed by atoms with E-state index in [0.717, 1.165) is 17.1 Å². The molecule has 1 amide bonds. The van der Waals surface area contributed by atoms with Crippen LogP contribution in [0.15, 0.2) is 18.2 Å². The predicted molar refractivity (Wildman–Crippen MR) is 56.4 cm³/mol. The Morgan fingerprint density at radius 3 is 3.00 bits per heavy atom. The van der Waals surface area contributed by atoms with Gasteiger partial charge in [0, 0.05) is 6.42 Å². The Labute approximate surface area is 93.1 Å². The van der Waals surface area contributed by atoms with Crippen LogP contribution in [0.5, 0.6) is 11.5 Å². The summed E-state index contributed by atoms with van der Waals surface area (Å²) < 4.78 is 15.3. The summed E-state index contributed by atoms with van der Waals surface area (Å²) in [6.07, 6.45) is -0.411. The van der Waals surface area contributed by atoms with Gasteiger partial charge in [-0.2, -0.15) is 0 Å². The molecular weight excluding hydrogens is 210 g/mol. The number of benzene rings is 1. The van der Waals surface area contributed by atoms with Gasteiger partial charge in [-0.25, -0.2) is 4.79 Å². The molecule has 86 valence electrons. The Morgan fingerprint density at radius 2 is 2.25 bits per heavy atom. The van der Waals surface area contributed by atoms with E-state index in [2.05, 4.69) is 0 Å². The minimum atomic E-state index is -0.756. The van der Waals surface area contributed by atoms with Crippen LogP contribution >= 0.6 is 0 Å². The fourth-order valence-corrected chi connectivity index (χ4v) is 1.64. The topological polar surface area (TPSA) is 70.8 Å². The Balaban J connectivity index is 2.02. The van der Waals surface area contributed by atoms with Crippen LogP contribution in [0.1, 0.15) is 12.5 Å². The molecule has 1 aromatic carbocycles. The van der Waals surface area contributed by atoms with E-state index in [1.807, 2.05) is 18.2 Å². The fraction of sp³-hybridized carbons (Fsp3) is 0.364. The second-order valence-electron chi connectivity index (χ2n) is 3.64. The van der Waals surface area contributed by atoms with Crippen LogP contribution in [0.4, 0.5) is 4.79 Å². The van der Waals surface area contributed by atoms with Crippen molar-refractivity contribution >= 4 is 6.09 Å². The molecule has 1 aliphatic rings. The summed E-state index contributed by atoms with van der Waals surface area (Å²) in [4.78, 5) is 10.5. The Bertz CT molecular complexity index is 405. The number of amides is 1. The molecule has 0 aromatic heterocycles. The van der Waals surface area contributed by atoms with Crippen LogP contribution in [0.2, 0.25) is 0 Å². The van der Waals surface area contributed by atoms with Crippen LogP contribution in [0.25, 0.3) is 0 Å². The van der Waals surface area contributed by atoms with Gasteiger partial charge in [-0.3, -0.25) is 0 Å². The van der Waals surface area contributed by atoms with Crippen LogP contribution in [-0.2, 0) is 11.2 Å². The standard InChI is InChI=1S/C11H13NO4/c1-7(16-11(12)13)4-8-2-3-9-10(5-8)15-6-14-9/h2-3,5,7H,4,6H2,1H3,(H2,12,13)/t7-/m1/s1. The van der Waals surface area contributed by atoms with E-state index in [0.29, 0.717) is 6.42 Å². The zero-order valence-corrected chi connectivity index (χ0v) is 8.93. The smallest absolute Gasteiger partial charge is 0.404 e. The molecule has 0 unspecified atom stereocenters. The summed E-state index contributed by atoms with van der Waals surface area (Å²) in [6.45, 7) is 2.04. The number of primary amides is 1. The molecule has 0 fully saturated rings. The zero-order chi connectivity index (χ0) is 11.5. The van der Waals surface area contributed by atoms with E-state index in [4.69, 9.17) is 19.9 Å². The molecule has 5 nitrogen and oxygen atoms in total. The van der Waals surface area contributed by atoms with Crippen LogP contribution in [0.3, 0.4) is 0 Å². The molecule has 2 N–H and O–H groups in total. The normalized spacial score (nSPS) is 14.6. The maximum absolute atomic E-state index is 10.5. The molecule has 1 heterocycles. The summed E-state index contributed by atoms with van der Waals surface area (Å²) in [5.41, 5.74) is 5.94. The van der Waals surface area contributed by atoms with Crippen molar-refractivity contribution < 1.29 is 19.0 Å². The summed E-state index contributed by atoms with van der Waals surface area (Å²) in [5, 5.41) is 0. The lowest BCUT2D eigenvalue weighted by molar-refractivity contribution is 0.116. The number of hydrogen-bond donors (Lipinski definition) is 1. The van der Waals surface area contributed by atoms with Crippen molar-refractivity contribution in [2.75, 3.05) is 6.79 Å². The third-order valence-corrected chi connectivity index (χ3v) is 2.28. The molecular formula is C11H13NO4. The van der Waals surface area contributed by atoms with Crippen LogP contribution < -0.4 is 15.2 Å². The minimum Gasteiger partial charge on any atom is -0.454 e. The van der Waals surface area contributed by atoms with E-state index in [1.165, 1.54) is 0 Å². The van der Waals surface area contributed by atoms with Gasteiger partial charge in [0.05, 0.1) is 0 Å². The van der Waals surface area contributed by atoms with Gasteiger partial charge in [-0.15, -0.1) is 0 Å². The molecule has 16 heavy (non-hydrogen) atoms. The molecule has 0 bridgehead atoms. The average molecular weight is 223 g/mol. The zero-order valence-electron chi connectivity index (χ0n) is 8.93. The quantitative estimate of drug-likeness (QED) is 0.841. The van der Waals surface area contributed by atoms with Gasteiger partial charge < -0.3 is 19.9 Å². The minimum absolute atomic E-state index is 0.252. The first kappa shape index (κ1) is 10.6. The van der Waals surface area contributed by atoms with E-state index in [-0.39, 0.29) is 12.9 Å². The van der Waals surface area contributed by atoms with E-state index in [9.17, 15) is 4.79 Å². The maximum atomic E-state index is 10.5. The number of carbonyl (C=O) groups excluding carboxylic acids is 1. The average Bonchev–Trinajstić information content (AvgIpc) is 2.63. The number of nitrogens with two attached hydrogens (primary N) is 1. The van der Waals surface area contributed by atoms with E-state index < -0.39 is 6.09 Å². The van der Waals surface area contributed by atoms with Gasteiger partial charge >= 0.3 is 6.09 Å². The van der Waals surface area contributed by atoms with Gasteiger partial charge in [0.2, 0.25) is 6.79 Å². The van der Waals surface area contributed by atoms with Crippen molar-refractivity contribution in [3.63, 3.8) is 0 Å². The van der Waals surface area contributed by atoms with Crippen molar-refractivity contribution in [3.8, 4) is 11.5 Å². The lowest BCUT2D eigenvalue weighted by Crippen LogP contribution is -2.21. The lowest BCUT2D eigenvalue weighted by atomic mass is 10.1. The molecule has 5 heteroatoms. The third kappa shape index (κ3) is 2.36. The SMILES string of the molecule is C[C@H](Cc1ccc2c(c1)OCO2)OC(N)=O. The van der Waals surface area contributed by atoms with Gasteiger partial charge in [0.25, 0.3) is 0 Å². The largest absolute Gasteiger partial charge is 0.454 e. The molecule has 0 saturated carbocycles. The first-order valence-corrected chi connectivity index (χ1v) is 5.00. The van der Waals surface area contributed by atoms with Crippen LogP contribution in [-0.4, -0.2) is 19.0 Å². The molecule has 0 radical (unpaired) electrons. The molecule has 1 atom stereocenters. The third-order valence-electron chi connectivity index (χ3n) is 2.28. The predicted octanol–water partition coefficient (Wildman–Crippen LogP) is 1.44. The maximum Gasteiger partial charge on any atom is 0.404 e. The van der Waals surface area contributed by atoms with Crippen molar-refractivity contribution in [2.24, 2.45) is 5.73 Å². The highest BCUT2D eigenvalue weighted by atomic mass is 16.7. The molecule has 2 rings (SSSR count). The van der Waals surface area contributed by atoms with Gasteiger partial charge in [0.15, 0.2) is 11.5 Å². The van der Waals surface area contributed by atoms with Gasteiger partial charge in [-0.05, 0) is 24.6 Å². The second kappa shape index (κ2) is 4.30. The van der Waals surface area contributed by atoms with Crippen molar-refractivity contribution in [1.29, 1.82) is 0 Å². The number of fused-ring (bicyclic) bond motifs is 1. The Kier molecular flexibility index (Phi) is 2.85. The lowest BCUT2D eigenvalue weighted by Gasteiger charge is -2.11. The van der Waals surface area contributed by atoms with Crippen molar-refractivity contribution in [3.05, 3.63) is 23.8 Å². The summed E-state index contributed by atoms with van der Waals surface area (Å²) >= 11 is 0. The van der Waals surface area contributed by atoms with Crippen molar-refractivity contribution in [1.82, 2.24) is 0 Å². The van der Waals surface area contributed by atoms with E-state index >= 15 is 0 Å². The summed E-state index contributed by atoms with van der Waals surface area (Å²) in [5.74, 6) is 1.47. The molecule has 1 aromatic rings. The Hall–Kier alpha value is -1.91. The van der Waals surface area contributed by atoms with Gasteiger partial charge in [0.1, 0.15) is 6.10 Å². The fourth-order valence-electron chi connectivity index (χ4n) is 1.64. The number of carbonyl (C=O) groups is 1. The number of hydrogen-bond acceptors (Lipinski definition) is 4. The highest BCUT2D eigenvalue weighted by Crippen LogP contribution is 2.32. The van der Waals surface area contributed by atoms with Crippen molar-refractivity contribution in [2.45, 2.75) is 19.4 Å². The summed E-state index contributed by atoms with van der Waals surface area (Å²) in [6, 6.07) is 5.63. The first-order chi connectivity index (χ1) is 7.65. The van der Waals surface area contributed by atoms with E-state index in [1.54, 1.807) is 6.92 Å². The van der Waals surface area contributed by atoms with Crippen LogP contribution in [0, 0.1) is 0 Å². The monoisotopic (exact) mass is 223 g/mol. The highest BCUT2D eigenvalue weighted by Gasteiger charge is 2.14. The molecule has 0 saturated heterocycles. The van der Waals surface area contributed by atoms with Gasteiger partial charge in [-0.1, -0.05) is 6.07 Å². The molecule has 1 aliphatic heterocycles. The molecule has 0 aliphatic carbocycles. The summed E-state index contributed by atoms with van der Waals surface area (Å²) in [7, 11) is 0. The highest BCUT2D eigenvalue weighted by molar-refractivity contribution is 5.64. The molecule has 0 spiro atoms. The number of ether oxygens (including phenoxy) is 3.